The van der Waals surface area contributed by atoms with Gasteiger partial charge in [0.15, 0.2) is 0 Å². The van der Waals surface area contributed by atoms with Crippen LogP contribution in [0.1, 0.15) is 10.4 Å². The molecule has 1 aromatic heterocycles. The summed E-state index contributed by atoms with van der Waals surface area (Å²) in [6.07, 6.45) is 0. The van der Waals surface area contributed by atoms with E-state index in [1.165, 1.54) is 0 Å². The smallest absolute Gasteiger partial charge is 0.260 e. The van der Waals surface area contributed by atoms with Gasteiger partial charge < -0.3 is 10.4 Å². The molecular weight excluding hydrogens is 254 g/mol. The number of rotatable bonds is 3. The molecular formula is C14H13N5O. The lowest BCUT2D eigenvalue weighted by Gasteiger charge is -2.07. The number of hydrogen-bond acceptors (Lipinski definition) is 4. The lowest BCUT2D eigenvalue weighted by atomic mass is 10.1. The first kappa shape index (κ1) is 12.2. The Morgan fingerprint density at radius 1 is 1.10 bits per heavy atom. The fraction of sp³-hybridized carbons (Fsp3) is 0. The number of H-pyrrole nitrogens is 1. The highest BCUT2D eigenvalue weighted by Gasteiger charge is 2.12. The molecule has 2 aromatic carbocycles. The molecule has 1 amide bonds. The van der Waals surface area contributed by atoms with Crippen LogP contribution < -0.4 is 16.6 Å². The van der Waals surface area contributed by atoms with Crippen molar-refractivity contribution in [2.24, 2.45) is 5.84 Å². The van der Waals surface area contributed by atoms with Crippen molar-refractivity contribution in [3.05, 3.63) is 54.1 Å². The van der Waals surface area contributed by atoms with Gasteiger partial charge in [-0.2, -0.15) is 0 Å². The molecule has 0 atom stereocenters. The number of aromatic amines is 1. The number of nitrogens with zero attached hydrogens (tertiary/aromatic N) is 1. The topological polar surface area (TPSA) is 95.8 Å². The van der Waals surface area contributed by atoms with Gasteiger partial charge in [0.1, 0.15) is 0 Å². The van der Waals surface area contributed by atoms with Gasteiger partial charge in [-0.05, 0) is 24.3 Å². The molecule has 6 nitrogen and oxygen atoms in total. The first-order valence-electron chi connectivity index (χ1n) is 6.09. The zero-order valence-corrected chi connectivity index (χ0v) is 10.6. The monoisotopic (exact) mass is 267 g/mol. The van der Waals surface area contributed by atoms with Crippen LogP contribution in [-0.2, 0) is 0 Å². The molecule has 100 valence electrons. The number of aromatic nitrogens is 2. The van der Waals surface area contributed by atoms with E-state index in [2.05, 4.69) is 20.7 Å². The molecule has 0 saturated carbocycles. The van der Waals surface area contributed by atoms with Crippen molar-refractivity contribution in [2.75, 3.05) is 10.7 Å². The normalized spacial score (nSPS) is 10.4. The first-order chi connectivity index (χ1) is 9.78. The van der Waals surface area contributed by atoms with E-state index in [1.54, 1.807) is 24.3 Å². The molecule has 1 heterocycles. The molecule has 5 N–H and O–H groups in total. The maximum absolute atomic E-state index is 12.2. The first-order valence-corrected chi connectivity index (χ1v) is 6.09. The molecule has 0 aliphatic rings. The maximum atomic E-state index is 12.2. The fourth-order valence-corrected chi connectivity index (χ4v) is 1.99. The number of amides is 1. The van der Waals surface area contributed by atoms with E-state index in [-0.39, 0.29) is 5.91 Å². The Morgan fingerprint density at radius 3 is 2.65 bits per heavy atom. The number of fused-ring (bicyclic) bond motifs is 1. The van der Waals surface area contributed by atoms with Gasteiger partial charge in [0.05, 0.1) is 22.3 Å². The number of nitrogens with two attached hydrogens (primary N) is 1. The van der Waals surface area contributed by atoms with E-state index < -0.39 is 0 Å². The third-order valence-corrected chi connectivity index (χ3v) is 2.95. The molecule has 3 rings (SSSR count). The van der Waals surface area contributed by atoms with Gasteiger partial charge in [0.2, 0.25) is 5.95 Å². The van der Waals surface area contributed by atoms with Crippen LogP contribution in [0.25, 0.3) is 11.0 Å². The van der Waals surface area contributed by atoms with Gasteiger partial charge >= 0.3 is 0 Å². The number of hydrazine groups is 1. The number of benzene rings is 2. The van der Waals surface area contributed by atoms with Crippen molar-refractivity contribution in [1.82, 2.24) is 9.97 Å². The predicted molar refractivity (Wildman–Crippen MR) is 78.3 cm³/mol. The zero-order chi connectivity index (χ0) is 13.9. The molecule has 6 heteroatoms. The quantitative estimate of drug-likeness (QED) is 0.431. The second kappa shape index (κ2) is 5.02. The van der Waals surface area contributed by atoms with Gasteiger partial charge in [0, 0.05) is 0 Å². The Kier molecular flexibility index (Phi) is 3.06. The summed E-state index contributed by atoms with van der Waals surface area (Å²) in [6, 6.07) is 14.6. The van der Waals surface area contributed by atoms with Crippen LogP contribution in [-0.4, -0.2) is 15.9 Å². The van der Waals surface area contributed by atoms with Crippen molar-refractivity contribution in [2.45, 2.75) is 0 Å². The minimum atomic E-state index is -0.280. The molecule has 0 radical (unpaired) electrons. The fourth-order valence-electron chi connectivity index (χ4n) is 1.99. The van der Waals surface area contributed by atoms with E-state index in [4.69, 9.17) is 5.84 Å². The van der Waals surface area contributed by atoms with Crippen molar-refractivity contribution in [3.8, 4) is 0 Å². The number of carbonyl (C=O) groups excluding carboxylic acids is 1. The Bertz CT molecular complexity index is 732. The molecule has 0 aliphatic carbocycles. The average molecular weight is 267 g/mol. The molecule has 0 saturated heterocycles. The lowest BCUT2D eigenvalue weighted by molar-refractivity contribution is 0.102. The SMILES string of the molecule is NNc1ccccc1C(=O)Nc1nc2ccccc2[nH]1. The van der Waals surface area contributed by atoms with E-state index in [9.17, 15) is 4.79 Å². The predicted octanol–water partition coefficient (Wildman–Crippen LogP) is 2.10. The summed E-state index contributed by atoms with van der Waals surface area (Å²) in [7, 11) is 0. The van der Waals surface area contributed by atoms with Crippen LogP contribution in [0, 0.1) is 0 Å². The van der Waals surface area contributed by atoms with Crippen LogP contribution in [0.3, 0.4) is 0 Å². The number of nitrogen functional groups attached to an aromatic ring is 1. The van der Waals surface area contributed by atoms with E-state index in [1.807, 2.05) is 24.3 Å². The Morgan fingerprint density at radius 2 is 1.85 bits per heavy atom. The van der Waals surface area contributed by atoms with Crippen LogP contribution >= 0.6 is 0 Å². The molecule has 3 aromatic rings. The van der Waals surface area contributed by atoms with Gasteiger partial charge in [0.25, 0.3) is 5.91 Å². The largest absolute Gasteiger partial charge is 0.324 e. The molecule has 0 unspecified atom stereocenters. The van der Waals surface area contributed by atoms with Crippen molar-refractivity contribution >= 4 is 28.6 Å². The second-order valence-corrected chi connectivity index (χ2v) is 4.25. The highest BCUT2D eigenvalue weighted by atomic mass is 16.1. The van der Waals surface area contributed by atoms with Crippen LogP contribution in [0.15, 0.2) is 48.5 Å². The van der Waals surface area contributed by atoms with Crippen LogP contribution in [0.2, 0.25) is 0 Å². The molecule has 0 fully saturated rings. The number of imidazole rings is 1. The van der Waals surface area contributed by atoms with Gasteiger partial charge in [-0.25, -0.2) is 4.98 Å². The standard InChI is InChI=1S/C14H13N5O/c15-19-10-6-2-1-5-9(10)13(20)18-14-16-11-7-3-4-8-12(11)17-14/h1-8,19H,15H2,(H2,16,17,18,20). The Hall–Kier alpha value is -2.86. The van der Waals surface area contributed by atoms with E-state index in [0.29, 0.717) is 17.2 Å². The third kappa shape index (κ3) is 2.19. The highest BCUT2D eigenvalue weighted by molar-refractivity contribution is 6.07. The third-order valence-electron chi connectivity index (χ3n) is 2.95. The van der Waals surface area contributed by atoms with Crippen molar-refractivity contribution < 1.29 is 4.79 Å². The van der Waals surface area contributed by atoms with Gasteiger partial charge in [-0.1, -0.05) is 24.3 Å². The second-order valence-electron chi connectivity index (χ2n) is 4.25. The summed E-state index contributed by atoms with van der Waals surface area (Å²) in [5, 5.41) is 2.72. The zero-order valence-electron chi connectivity index (χ0n) is 10.6. The van der Waals surface area contributed by atoms with Crippen LogP contribution in [0.5, 0.6) is 0 Å². The minimum absolute atomic E-state index is 0.280. The summed E-state index contributed by atoms with van der Waals surface area (Å²) in [6.45, 7) is 0. The summed E-state index contributed by atoms with van der Waals surface area (Å²) in [4.78, 5) is 19.5. The number of anilines is 2. The van der Waals surface area contributed by atoms with Crippen molar-refractivity contribution in [3.63, 3.8) is 0 Å². The summed E-state index contributed by atoms with van der Waals surface area (Å²) in [5.74, 6) is 5.52. The number of nitrogens with one attached hydrogen (secondary N) is 3. The summed E-state index contributed by atoms with van der Waals surface area (Å²) < 4.78 is 0. The highest BCUT2D eigenvalue weighted by Crippen LogP contribution is 2.17. The number of hydrogen-bond donors (Lipinski definition) is 4. The molecule has 0 aliphatic heterocycles. The summed E-state index contributed by atoms with van der Waals surface area (Å²) >= 11 is 0. The van der Waals surface area contributed by atoms with E-state index >= 15 is 0 Å². The Balaban J connectivity index is 1.88. The lowest BCUT2D eigenvalue weighted by Crippen LogP contribution is -2.17. The molecule has 0 bridgehead atoms. The number of para-hydroxylation sites is 3. The minimum Gasteiger partial charge on any atom is -0.324 e. The van der Waals surface area contributed by atoms with Crippen LogP contribution in [0.4, 0.5) is 11.6 Å². The average Bonchev–Trinajstić information content (AvgIpc) is 2.89. The molecule has 20 heavy (non-hydrogen) atoms. The van der Waals surface area contributed by atoms with Gasteiger partial charge in [-0.3, -0.25) is 16.0 Å². The molecule has 0 spiro atoms. The van der Waals surface area contributed by atoms with E-state index in [0.717, 1.165) is 11.0 Å². The number of carbonyl (C=O) groups is 1. The van der Waals surface area contributed by atoms with Gasteiger partial charge in [-0.15, -0.1) is 0 Å². The summed E-state index contributed by atoms with van der Waals surface area (Å²) in [5.41, 5.74) is 5.18. The maximum Gasteiger partial charge on any atom is 0.260 e. The Labute approximate surface area is 115 Å². The van der Waals surface area contributed by atoms with Crippen molar-refractivity contribution in [1.29, 1.82) is 0 Å².